The van der Waals surface area contributed by atoms with E-state index in [1.807, 2.05) is 12.1 Å². The van der Waals surface area contributed by atoms with Gasteiger partial charge in [-0.05, 0) is 24.6 Å². The lowest BCUT2D eigenvalue weighted by Gasteiger charge is -2.17. The molecule has 8 nitrogen and oxygen atoms in total. The van der Waals surface area contributed by atoms with Crippen LogP contribution in [0.15, 0.2) is 48.0 Å². The van der Waals surface area contributed by atoms with Crippen LogP contribution in [0, 0.1) is 17.0 Å². The molecule has 8 heteroatoms. The number of nitro benzene ring substituents is 1. The fourth-order valence-corrected chi connectivity index (χ4v) is 2.60. The molecule has 0 aromatic heterocycles. The Balaban J connectivity index is 1.63. The first-order valence-corrected chi connectivity index (χ1v) is 8.09. The maximum atomic E-state index is 12.1. The highest BCUT2D eigenvalue weighted by Crippen LogP contribution is 2.28. The highest BCUT2D eigenvalue weighted by molar-refractivity contribution is 5.99. The van der Waals surface area contributed by atoms with Gasteiger partial charge >= 0.3 is 5.97 Å². The zero-order chi connectivity index (χ0) is 19.4. The van der Waals surface area contributed by atoms with Crippen molar-refractivity contribution in [1.82, 2.24) is 0 Å². The van der Waals surface area contributed by atoms with Crippen LogP contribution in [-0.2, 0) is 14.3 Å². The van der Waals surface area contributed by atoms with E-state index >= 15 is 0 Å². The average molecular weight is 368 g/mol. The van der Waals surface area contributed by atoms with Crippen molar-refractivity contribution in [2.24, 2.45) is 0 Å². The number of carbonyl (C=O) groups is 2. The zero-order valence-electron chi connectivity index (χ0n) is 14.4. The molecule has 0 aliphatic carbocycles. The molecule has 1 heterocycles. The second-order valence-electron chi connectivity index (χ2n) is 5.85. The third-order valence-corrected chi connectivity index (χ3v) is 3.94. The van der Waals surface area contributed by atoms with Crippen molar-refractivity contribution < 1.29 is 24.0 Å². The summed E-state index contributed by atoms with van der Waals surface area (Å²) < 4.78 is 10.5. The van der Waals surface area contributed by atoms with Crippen molar-refractivity contribution in [3.05, 3.63) is 69.3 Å². The average Bonchev–Trinajstić information content (AvgIpc) is 2.67. The molecule has 0 fully saturated rings. The van der Waals surface area contributed by atoms with E-state index in [0.29, 0.717) is 11.3 Å². The first kappa shape index (κ1) is 18.1. The summed E-state index contributed by atoms with van der Waals surface area (Å²) in [5.74, 6) is -0.684. The second-order valence-corrected chi connectivity index (χ2v) is 5.85. The van der Waals surface area contributed by atoms with E-state index in [1.54, 1.807) is 31.2 Å². The van der Waals surface area contributed by atoms with Crippen molar-refractivity contribution in [3.8, 4) is 5.75 Å². The number of anilines is 1. The molecule has 1 aliphatic heterocycles. The number of aryl methyl sites for hydroxylation is 1. The van der Waals surface area contributed by atoms with Crippen LogP contribution >= 0.6 is 0 Å². The van der Waals surface area contributed by atoms with Gasteiger partial charge in [0.2, 0.25) is 0 Å². The summed E-state index contributed by atoms with van der Waals surface area (Å²) in [6, 6.07) is 11.7. The summed E-state index contributed by atoms with van der Waals surface area (Å²) in [5, 5.41) is 13.5. The Morgan fingerprint density at radius 3 is 2.78 bits per heavy atom. The SMILES string of the molecule is Cc1cccc([N+](=O)[O-])c1NC(=O)COC(=O)C1=Cc2ccccc2OC1. The number of nitrogens with one attached hydrogen (secondary N) is 1. The molecule has 0 atom stereocenters. The predicted octanol–water partition coefficient (Wildman–Crippen LogP) is 2.86. The maximum Gasteiger partial charge on any atom is 0.338 e. The van der Waals surface area contributed by atoms with Gasteiger partial charge in [-0.2, -0.15) is 0 Å². The lowest BCUT2D eigenvalue weighted by Crippen LogP contribution is -2.24. The standard InChI is InChI=1S/C19H16N2O6/c1-12-5-4-7-15(21(24)25)18(12)20-17(22)11-27-19(23)14-9-13-6-2-3-8-16(13)26-10-14/h2-9H,10-11H2,1H3,(H,20,22). The van der Waals surface area contributed by atoms with Gasteiger partial charge in [-0.15, -0.1) is 0 Å². The zero-order valence-corrected chi connectivity index (χ0v) is 14.4. The van der Waals surface area contributed by atoms with Crippen LogP contribution in [0.4, 0.5) is 11.4 Å². The number of hydrogen-bond acceptors (Lipinski definition) is 6. The van der Waals surface area contributed by atoms with Gasteiger partial charge in [0.15, 0.2) is 6.61 Å². The largest absolute Gasteiger partial charge is 0.488 e. The smallest absolute Gasteiger partial charge is 0.338 e. The predicted molar refractivity (Wildman–Crippen MR) is 97.3 cm³/mol. The molecule has 0 spiro atoms. The Bertz CT molecular complexity index is 951. The van der Waals surface area contributed by atoms with Gasteiger partial charge in [-0.1, -0.05) is 30.3 Å². The maximum absolute atomic E-state index is 12.1. The fourth-order valence-electron chi connectivity index (χ4n) is 2.60. The summed E-state index contributed by atoms with van der Waals surface area (Å²) in [6.07, 6.45) is 1.64. The van der Waals surface area contributed by atoms with Gasteiger partial charge in [-0.3, -0.25) is 14.9 Å². The number of nitrogens with zero attached hydrogens (tertiary/aromatic N) is 1. The molecule has 138 valence electrons. The van der Waals surface area contributed by atoms with Crippen molar-refractivity contribution >= 4 is 29.3 Å². The molecule has 27 heavy (non-hydrogen) atoms. The van der Waals surface area contributed by atoms with Gasteiger partial charge < -0.3 is 14.8 Å². The molecule has 0 bridgehead atoms. The first-order chi connectivity index (χ1) is 13.0. The normalized spacial score (nSPS) is 12.3. The molecular weight excluding hydrogens is 352 g/mol. The van der Waals surface area contributed by atoms with Gasteiger partial charge in [0.05, 0.1) is 10.5 Å². The van der Waals surface area contributed by atoms with Crippen LogP contribution in [0.25, 0.3) is 6.08 Å². The van der Waals surface area contributed by atoms with E-state index in [2.05, 4.69) is 5.32 Å². The minimum absolute atomic E-state index is 0.0424. The minimum atomic E-state index is -0.682. The van der Waals surface area contributed by atoms with Crippen LogP contribution in [0.2, 0.25) is 0 Å². The summed E-state index contributed by atoms with van der Waals surface area (Å²) in [5.41, 5.74) is 1.41. The summed E-state index contributed by atoms with van der Waals surface area (Å²) >= 11 is 0. The third kappa shape index (κ3) is 4.12. The topological polar surface area (TPSA) is 108 Å². The van der Waals surface area contributed by atoms with Crippen molar-refractivity contribution in [3.63, 3.8) is 0 Å². The van der Waals surface area contributed by atoms with E-state index in [-0.39, 0.29) is 23.6 Å². The lowest BCUT2D eigenvalue weighted by atomic mass is 10.1. The number of esters is 1. The van der Waals surface area contributed by atoms with E-state index in [9.17, 15) is 19.7 Å². The number of rotatable bonds is 5. The Morgan fingerprint density at radius 2 is 2.00 bits per heavy atom. The number of hydrogen-bond donors (Lipinski definition) is 1. The van der Waals surface area contributed by atoms with Crippen LogP contribution < -0.4 is 10.1 Å². The number of ether oxygens (including phenoxy) is 2. The molecule has 0 unspecified atom stereocenters. The number of carbonyl (C=O) groups excluding carboxylic acids is 2. The second kappa shape index (κ2) is 7.69. The third-order valence-electron chi connectivity index (χ3n) is 3.94. The van der Waals surface area contributed by atoms with Crippen LogP contribution in [0.5, 0.6) is 5.75 Å². The summed E-state index contributed by atoms with van der Waals surface area (Å²) in [6.45, 7) is 1.11. The van der Waals surface area contributed by atoms with Crippen LogP contribution in [0.1, 0.15) is 11.1 Å². The molecular formula is C19H16N2O6. The molecule has 2 aromatic carbocycles. The van der Waals surface area contributed by atoms with Crippen molar-refractivity contribution in [1.29, 1.82) is 0 Å². The van der Waals surface area contributed by atoms with Gasteiger partial charge in [0, 0.05) is 11.6 Å². The van der Waals surface area contributed by atoms with E-state index in [4.69, 9.17) is 9.47 Å². The summed E-state index contributed by atoms with van der Waals surface area (Å²) in [7, 11) is 0. The Hall–Kier alpha value is -3.68. The molecule has 1 N–H and O–H groups in total. The molecule has 0 saturated carbocycles. The number of amides is 1. The Labute approximate surface area is 154 Å². The Kier molecular flexibility index (Phi) is 5.16. The first-order valence-electron chi connectivity index (χ1n) is 8.09. The monoisotopic (exact) mass is 368 g/mol. The van der Waals surface area contributed by atoms with E-state index in [0.717, 1.165) is 5.56 Å². The Morgan fingerprint density at radius 1 is 1.22 bits per heavy atom. The fraction of sp³-hybridized carbons (Fsp3) is 0.158. The number of nitro groups is 1. The van der Waals surface area contributed by atoms with E-state index in [1.165, 1.54) is 12.1 Å². The number of para-hydroxylation sites is 2. The molecule has 2 aromatic rings. The van der Waals surface area contributed by atoms with Gasteiger partial charge in [0.1, 0.15) is 18.0 Å². The highest BCUT2D eigenvalue weighted by atomic mass is 16.6. The van der Waals surface area contributed by atoms with E-state index < -0.39 is 23.4 Å². The highest BCUT2D eigenvalue weighted by Gasteiger charge is 2.21. The molecule has 0 saturated heterocycles. The number of benzene rings is 2. The van der Waals surface area contributed by atoms with Crippen LogP contribution in [0.3, 0.4) is 0 Å². The number of fused-ring (bicyclic) bond motifs is 1. The molecule has 0 radical (unpaired) electrons. The molecule has 1 aliphatic rings. The summed E-state index contributed by atoms with van der Waals surface area (Å²) in [4.78, 5) is 34.7. The quantitative estimate of drug-likeness (QED) is 0.494. The van der Waals surface area contributed by atoms with Gasteiger partial charge in [0.25, 0.3) is 11.6 Å². The van der Waals surface area contributed by atoms with Gasteiger partial charge in [-0.25, -0.2) is 4.79 Å². The van der Waals surface area contributed by atoms with Crippen LogP contribution in [-0.4, -0.2) is 30.0 Å². The van der Waals surface area contributed by atoms with Crippen molar-refractivity contribution in [2.75, 3.05) is 18.5 Å². The minimum Gasteiger partial charge on any atom is -0.488 e. The lowest BCUT2D eigenvalue weighted by molar-refractivity contribution is -0.384. The molecule has 3 rings (SSSR count). The van der Waals surface area contributed by atoms with Crippen molar-refractivity contribution in [2.45, 2.75) is 6.92 Å². The molecule has 1 amide bonds.